The van der Waals surface area contributed by atoms with Gasteiger partial charge in [-0.05, 0) is 12.1 Å². The highest BCUT2D eigenvalue weighted by molar-refractivity contribution is 8.93. The molecule has 2 nitrogen and oxygen atoms in total. The molecule has 0 atom stereocenters. The van der Waals surface area contributed by atoms with Gasteiger partial charge < -0.3 is 4.57 Å². The highest BCUT2D eigenvalue weighted by Crippen LogP contribution is 2.21. The van der Waals surface area contributed by atoms with Gasteiger partial charge in [0.1, 0.15) is 0 Å². The second-order valence-electron chi connectivity index (χ2n) is 2.93. The summed E-state index contributed by atoms with van der Waals surface area (Å²) in [4.78, 5) is 4.48. The molecule has 0 aliphatic carbocycles. The molecule has 0 saturated heterocycles. The molecule has 0 saturated carbocycles. The van der Waals surface area contributed by atoms with Crippen molar-refractivity contribution in [1.82, 2.24) is 9.55 Å². The lowest BCUT2D eigenvalue weighted by atomic mass is 10.3. The first-order valence-corrected chi connectivity index (χ1v) is 5.29. The summed E-state index contributed by atoms with van der Waals surface area (Å²) < 4.78 is 2.07. The van der Waals surface area contributed by atoms with Gasteiger partial charge in [-0.25, -0.2) is 4.98 Å². The number of para-hydroxylation sites is 2. The summed E-state index contributed by atoms with van der Waals surface area (Å²) in [6, 6.07) is 8.07. The first-order chi connectivity index (χ1) is 6.83. The number of fused-ring (bicyclic) bond motifs is 1. The molecule has 0 fully saturated rings. The lowest BCUT2D eigenvalue weighted by molar-refractivity contribution is 0.816. The number of aromatic nitrogens is 2. The molecule has 2 aromatic rings. The summed E-state index contributed by atoms with van der Waals surface area (Å²) >= 11 is 1.59. The number of halogens is 1. The second kappa shape index (κ2) is 5.24. The monoisotopic (exact) mass is 282 g/mol. The van der Waals surface area contributed by atoms with Crippen molar-refractivity contribution in [2.45, 2.75) is 5.16 Å². The van der Waals surface area contributed by atoms with Crippen molar-refractivity contribution in [3.05, 3.63) is 24.3 Å². The molecule has 0 bridgehead atoms. The minimum absolute atomic E-state index is 0. The van der Waals surface area contributed by atoms with E-state index in [-0.39, 0.29) is 17.0 Å². The largest absolute Gasteiger partial charge is 0.322 e. The predicted octanol–water partition coefficient (Wildman–Crippen LogP) is 2.88. The van der Waals surface area contributed by atoms with Crippen LogP contribution in [0.1, 0.15) is 0 Å². The number of rotatable bonds is 2. The third-order valence-corrected chi connectivity index (χ3v) is 2.97. The average molecular weight is 283 g/mol. The molecule has 0 amide bonds. The van der Waals surface area contributed by atoms with Crippen LogP contribution in [0.2, 0.25) is 0 Å². The summed E-state index contributed by atoms with van der Waals surface area (Å²) in [5.41, 5.74) is 2.17. The van der Waals surface area contributed by atoms with Crippen LogP contribution in [0.4, 0.5) is 0 Å². The van der Waals surface area contributed by atoms with Crippen LogP contribution < -0.4 is 0 Å². The Morgan fingerprint density at radius 3 is 2.87 bits per heavy atom. The van der Waals surface area contributed by atoms with Gasteiger partial charge >= 0.3 is 0 Å². The second-order valence-corrected chi connectivity index (χ2v) is 3.88. The number of nitrogens with zero attached hydrogens (tertiary/aromatic N) is 2. The number of imidazole rings is 1. The van der Waals surface area contributed by atoms with Crippen molar-refractivity contribution < 1.29 is 0 Å². The van der Waals surface area contributed by atoms with Crippen LogP contribution >= 0.6 is 28.7 Å². The maximum Gasteiger partial charge on any atom is 0.169 e. The SMILES string of the molecule is Br.C#CCSc1nc2ccccc2n1C. The van der Waals surface area contributed by atoms with Crippen molar-refractivity contribution in [3.8, 4) is 12.3 Å². The smallest absolute Gasteiger partial charge is 0.169 e. The summed E-state index contributed by atoms with van der Waals surface area (Å²) in [6.45, 7) is 0. The molecule has 0 aliphatic rings. The molecule has 0 spiro atoms. The normalized spacial score (nSPS) is 9.60. The molecule has 1 heterocycles. The van der Waals surface area contributed by atoms with Crippen LogP contribution in [0.15, 0.2) is 29.4 Å². The Bertz CT molecular complexity index is 499. The molecule has 1 aromatic heterocycles. The lowest BCUT2D eigenvalue weighted by Crippen LogP contribution is -1.90. The Labute approximate surface area is 104 Å². The van der Waals surface area contributed by atoms with E-state index in [2.05, 4.69) is 21.5 Å². The van der Waals surface area contributed by atoms with Gasteiger partial charge in [0.25, 0.3) is 0 Å². The number of hydrogen-bond acceptors (Lipinski definition) is 2. The van der Waals surface area contributed by atoms with Gasteiger partial charge in [0.2, 0.25) is 0 Å². The number of benzene rings is 1. The van der Waals surface area contributed by atoms with Crippen molar-refractivity contribution in [3.63, 3.8) is 0 Å². The third-order valence-electron chi connectivity index (χ3n) is 2.03. The zero-order valence-electron chi connectivity index (χ0n) is 8.30. The van der Waals surface area contributed by atoms with Crippen LogP contribution in [-0.2, 0) is 7.05 Å². The molecule has 2 rings (SSSR count). The highest BCUT2D eigenvalue weighted by Gasteiger charge is 2.05. The van der Waals surface area contributed by atoms with Crippen LogP contribution in [0, 0.1) is 12.3 Å². The van der Waals surface area contributed by atoms with E-state index in [4.69, 9.17) is 6.42 Å². The van der Waals surface area contributed by atoms with E-state index >= 15 is 0 Å². The van der Waals surface area contributed by atoms with Crippen LogP contribution in [0.25, 0.3) is 11.0 Å². The zero-order chi connectivity index (χ0) is 9.97. The number of terminal acetylenes is 1. The molecule has 0 aliphatic heterocycles. The minimum atomic E-state index is 0. The maximum atomic E-state index is 5.21. The number of aryl methyl sites for hydroxylation is 1. The summed E-state index contributed by atoms with van der Waals surface area (Å²) in [5.74, 6) is 3.26. The Kier molecular flexibility index (Phi) is 4.25. The van der Waals surface area contributed by atoms with E-state index in [9.17, 15) is 0 Å². The Morgan fingerprint density at radius 1 is 1.47 bits per heavy atom. The third kappa shape index (κ3) is 2.36. The van der Waals surface area contributed by atoms with Crippen molar-refractivity contribution in [1.29, 1.82) is 0 Å². The molecule has 15 heavy (non-hydrogen) atoms. The fraction of sp³-hybridized carbons (Fsp3) is 0.182. The van der Waals surface area contributed by atoms with Gasteiger partial charge in [-0.2, -0.15) is 0 Å². The van der Waals surface area contributed by atoms with E-state index in [1.54, 1.807) is 11.8 Å². The lowest BCUT2D eigenvalue weighted by Gasteiger charge is -1.97. The van der Waals surface area contributed by atoms with E-state index in [0.29, 0.717) is 5.75 Å². The predicted molar refractivity (Wildman–Crippen MR) is 70.6 cm³/mol. The quantitative estimate of drug-likeness (QED) is 0.623. The topological polar surface area (TPSA) is 17.8 Å². The summed E-state index contributed by atoms with van der Waals surface area (Å²) in [5, 5.41) is 0.976. The number of hydrogen-bond donors (Lipinski definition) is 0. The van der Waals surface area contributed by atoms with Gasteiger partial charge in [-0.15, -0.1) is 23.4 Å². The molecule has 1 aromatic carbocycles. The first-order valence-electron chi connectivity index (χ1n) is 4.30. The van der Waals surface area contributed by atoms with Crippen molar-refractivity contribution in [2.24, 2.45) is 7.05 Å². The Balaban J connectivity index is 0.00000112. The van der Waals surface area contributed by atoms with Crippen LogP contribution in [-0.4, -0.2) is 15.3 Å². The molecular weight excluding hydrogens is 272 g/mol. The Hall–Kier alpha value is -0.920. The molecule has 0 unspecified atom stereocenters. The molecule has 0 N–H and O–H groups in total. The average Bonchev–Trinajstić information content (AvgIpc) is 2.54. The number of thioether (sulfide) groups is 1. The molecule has 0 radical (unpaired) electrons. The van der Waals surface area contributed by atoms with E-state index in [1.165, 1.54) is 0 Å². The molecule has 4 heteroatoms. The molecular formula is C11H11BrN2S. The standard InChI is InChI=1S/C11H10N2S.BrH/c1-3-8-14-11-12-9-6-4-5-7-10(9)13(11)2;/h1,4-7H,8H2,2H3;1H. The van der Waals surface area contributed by atoms with Gasteiger partial charge in [0.15, 0.2) is 5.16 Å². The van der Waals surface area contributed by atoms with Crippen molar-refractivity contribution in [2.75, 3.05) is 5.75 Å². The van der Waals surface area contributed by atoms with Gasteiger partial charge in [0.05, 0.1) is 16.8 Å². The van der Waals surface area contributed by atoms with Crippen molar-refractivity contribution >= 4 is 39.8 Å². The highest BCUT2D eigenvalue weighted by atomic mass is 79.9. The maximum absolute atomic E-state index is 5.21. The first kappa shape index (κ1) is 12.2. The van der Waals surface area contributed by atoms with E-state index < -0.39 is 0 Å². The fourth-order valence-corrected chi connectivity index (χ4v) is 2.03. The summed E-state index contributed by atoms with van der Waals surface area (Å²) in [7, 11) is 2.01. The van der Waals surface area contributed by atoms with E-state index in [0.717, 1.165) is 16.2 Å². The molecule has 78 valence electrons. The van der Waals surface area contributed by atoms with E-state index in [1.807, 2.05) is 25.2 Å². The minimum Gasteiger partial charge on any atom is -0.322 e. The zero-order valence-corrected chi connectivity index (χ0v) is 10.8. The van der Waals surface area contributed by atoms with Gasteiger partial charge in [0, 0.05) is 7.05 Å². The van der Waals surface area contributed by atoms with Gasteiger partial charge in [-0.1, -0.05) is 29.8 Å². The fourth-order valence-electron chi connectivity index (χ4n) is 1.36. The van der Waals surface area contributed by atoms with Crippen LogP contribution in [0.5, 0.6) is 0 Å². The van der Waals surface area contributed by atoms with Crippen LogP contribution in [0.3, 0.4) is 0 Å². The van der Waals surface area contributed by atoms with Gasteiger partial charge in [-0.3, -0.25) is 0 Å². The summed E-state index contributed by atoms with van der Waals surface area (Å²) in [6.07, 6.45) is 5.21. The Morgan fingerprint density at radius 2 is 2.20 bits per heavy atom.